The van der Waals surface area contributed by atoms with Crippen LogP contribution in [-0.4, -0.2) is 23.9 Å². The molecule has 7 nitrogen and oxygen atoms in total. The zero-order chi connectivity index (χ0) is 17.9. The normalized spacial score (nSPS) is 10.1. The molecule has 0 aliphatic rings. The molecule has 0 spiro atoms. The Hall–Kier alpha value is -2.26. The summed E-state index contributed by atoms with van der Waals surface area (Å²) in [7, 11) is 1.15. The second-order valence-electron chi connectivity index (χ2n) is 4.60. The summed E-state index contributed by atoms with van der Waals surface area (Å²) in [6.45, 7) is 0. The van der Waals surface area contributed by atoms with Gasteiger partial charge in [0, 0.05) is 26.6 Å². The summed E-state index contributed by atoms with van der Waals surface area (Å²) in [6, 6.07) is 8.56. The lowest BCUT2D eigenvalue weighted by Crippen LogP contribution is -2.14. The number of rotatable bonds is 4. The van der Waals surface area contributed by atoms with Gasteiger partial charge in [-0.2, -0.15) is 0 Å². The van der Waals surface area contributed by atoms with Crippen LogP contribution in [0.4, 0.5) is 11.4 Å². The molecule has 24 heavy (non-hydrogen) atoms. The molecule has 9 heteroatoms. The Balaban J connectivity index is 2.41. The van der Waals surface area contributed by atoms with Crippen LogP contribution in [0.2, 0.25) is 0 Å². The van der Waals surface area contributed by atoms with Crippen LogP contribution in [0.15, 0.2) is 45.3 Å². The van der Waals surface area contributed by atoms with Crippen molar-refractivity contribution in [2.75, 3.05) is 12.4 Å². The molecule has 2 rings (SSSR count). The number of nitro benzene ring substituents is 1. The summed E-state index contributed by atoms with van der Waals surface area (Å²) in [5.41, 5.74) is -0.0153. The van der Waals surface area contributed by atoms with E-state index in [-0.39, 0.29) is 16.8 Å². The quantitative estimate of drug-likeness (QED) is 0.422. The number of hydrogen-bond donors (Lipinski definition) is 1. The van der Waals surface area contributed by atoms with Crippen molar-refractivity contribution in [3.05, 3.63) is 66.6 Å². The number of carbonyl (C=O) groups excluding carboxylic acids is 2. The minimum Gasteiger partial charge on any atom is -0.465 e. The van der Waals surface area contributed by atoms with E-state index in [1.807, 2.05) is 0 Å². The highest BCUT2D eigenvalue weighted by Crippen LogP contribution is 2.27. The number of benzene rings is 2. The third-order valence-electron chi connectivity index (χ3n) is 2.99. The number of carbonyl (C=O) groups is 2. The Morgan fingerprint density at radius 1 is 1.12 bits per heavy atom. The van der Waals surface area contributed by atoms with E-state index < -0.39 is 16.8 Å². The zero-order valence-corrected chi connectivity index (χ0v) is 15.4. The largest absolute Gasteiger partial charge is 0.465 e. The molecule has 0 unspecified atom stereocenters. The molecule has 0 bridgehead atoms. The number of nitrogens with one attached hydrogen (secondary N) is 1. The molecule has 0 aliphatic heterocycles. The second kappa shape index (κ2) is 7.54. The number of amides is 1. The first-order valence-electron chi connectivity index (χ1n) is 6.46. The fraction of sp³-hybridized carbons (Fsp3) is 0.0667. The highest BCUT2D eigenvalue weighted by Gasteiger charge is 2.19. The third-order valence-corrected chi connectivity index (χ3v) is 4.17. The minimum absolute atomic E-state index is 0.0310. The number of halogens is 2. The Morgan fingerprint density at radius 3 is 2.42 bits per heavy atom. The zero-order valence-electron chi connectivity index (χ0n) is 12.2. The molecule has 124 valence electrons. The molecular formula is C15H10Br2N2O5. The van der Waals surface area contributed by atoms with Crippen LogP contribution in [-0.2, 0) is 4.74 Å². The van der Waals surface area contributed by atoms with E-state index in [2.05, 4.69) is 41.9 Å². The van der Waals surface area contributed by atoms with Crippen LogP contribution in [0.25, 0.3) is 0 Å². The van der Waals surface area contributed by atoms with Gasteiger partial charge in [0.2, 0.25) is 0 Å². The Labute approximate surface area is 153 Å². The molecule has 0 saturated carbocycles. The summed E-state index contributed by atoms with van der Waals surface area (Å²) in [5, 5.41) is 13.6. The van der Waals surface area contributed by atoms with E-state index >= 15 is 0 Å². The maximum Gasteiger partial charge on any atom is 0.338 e. The van der Waals surface area contributed by atoms with Gasteiger partial charge in [0.05, 0.1) is 23.3 Å². The van der Waals surface area contributed by atoms with Crippen molar-refractivity contribution in [2.45, 2.75) is 0 Å². The smallest absolute Gasteiger partial charge is 0.338 e. The molecular weight excluding hydrogens is 448 g/mol. The predicted octanol–water partition coefficient (Wildman–Crippen LogP) is 4.16. The Kier molecular flexibility index (Phi) is 5.68. The number of non-ortho nitro benzene ring substituents is 1. The maximum atomic E-state index is 12.4. The van der Waals surface area contributed by atoms with Crippen LogP contribution in [0.5, 0.6) is 0 Å². The van der Waals surface area contributed by atoms with Crippen molar-refractivity contribution in [2.24, 2.45) is 0 Å². The number of nitrogens with zero attached hydrogens (tertiary/aromatic N) is 1. The van der Waals surface area contributed by atoms with Gasteiger partial charge >= 0.3 is 5.97 Å². The third kappa shape index (κ3) is 4.18. The predicted molar refractivity (Wildman–Crippen MR) is 94.2 cm³/mol. The lowest BCUT2D eigenvalue weighted by atomic mass is 10.1. The number of esters is 1. The molecule has 2 aromatic carbocycles. The molecule has 0 radical (unpaired) electrons. The SMILES string of the molecule is COC(=O)c1cc(C(=O)Nc2cc(Br)ccc2Br)cc([N+](=O)[O-])c1. The first-order valence-corrected chi connectivity index (χ1v) is 8.04. The topological polar surface area (TPSA) is 98.5 Å². The van der Waals surface area contributed by atoms with Gasteiger partial charge in [0.15, 0.2) is 0 Å². The van der Waals surface area contributed by atoms with Gasteiger partial charge in [-0.15, -0.1) is 0 Å². The Bertz CT molecular complexity index is 839. The van der Waals surface area contributed by atoms with Gasteiger partial charge in [-0.3, -0.25) is 14.9 Å². The van der Waals surface area contributed by atoms with Gasteiger partial charge in [0.1, 0.15) is 0 Å². The average molecular weight is 458 g/mol. The number of nitro groups is 1. The molecule has 0 atom stereocenters. The van der Waals surface area contributed by atoms with Crippen molar-refractivity contribution < 1.29 is 19.2 Å². The van der Waals surface area contributed by atoms with Crippen LogP contribution < -0.4 is 5.32 Å². The number of anilines is 1. The van der Waals surface area contributed by atoms with Crippen LogP contribution in [0, 0.1) is 10.1 Å². The van der Waals surface area contributed by atoms with Gasteiger partial charge < -0.3 is 10.1 Å². The summed E-state index contributed by atoms with van der Waals surface area (Å²) >= 11 is 6.59. The van der Waals surface area contributed by atoms with Crippen molar-refractivity contribution in [1.29, 1.82) is 0 Å². The first kappa shape index (κ1) is 18.1. The molecule has 1 amide bonds. The fourth-order valence-electron chi connectivity index (χ4n) is 1.87. The van der Waals surface area contributed by atoms with E-state index in [4.69, 9.17) is 0 Å². The number of hydrogen-bond acceptors (Lipinski definition) is 5. The van der Waals surface area contributed by atoms with E-state index in [9.17, 15) is 19.7 Å². The lowest BCUT2D eigenvalue weighted by Gasteiger charge is -2.09. The molecule has 0 aromatic heterocycles. The minimum atomic E-state index is -0.767. The molecule has 0 saturated heterocycles. The van der Waals surface area contributed by atoms with Gasteiger partial charge in [0.25, 0.3) is 11.6 Å². The average Bonchev–Trinajstić information content (AvgIpc) is 2.56. The van der Waals surface area contributed by atoms with E-state index in [0.717, 1.165) is 23.7 Å². The molecule has 0 fully saturated rings. The second-order valence-corrected chi connectivity index (χ2v) is 6.37. The summed E-state index contributed by atoms with van der Waals surface area (Å²) in [6.07, 6.45) is 0. The Morgan fingerprint density at radius 2 is 1.79 bits per heavy atom. The summed E-state index contributed by atoms with van der Waals surface area (Å²) in [4.78, 5) is 34.3. The van der Waals surface area contributed by atoms with Crippen LogP contribution in [0.1, 0.15) is 20.7 Å². The standard InChI is InChI=1S/C15H10Br2N2O5/c1-24-15(21)9-4-8(5-11(6-9)19(22)23)14(20)18-13-7-10(16)2-3-12(13)17/h2-7H,1H3,(H,18,20). The van der Waals surface area contributed by atoms with Gasteiger partial charge in [-0.25, -0.2) is 4.79 Å². The number of ether oxygens (including phenoxy) is 1. The van der Waals surface area contributed by atoms with Crippen LogP contribution >= 0.6 is 31.9 Å². The van der Waals surface area contributed by atoms with Crippen molar-refractivity contribution in [3.8, 4) is 0 Å². The lowest BCUT2D eigenvalue weighted by molar-refractivity contribution is -0.384. The first-order chi connectivity index (χ1) is 11.3. The fourth-order valence-corrected chi connectivity index (χ4v) is 2.58. The molecule has 2 aromatic rings. The van der Waals surface area contributed by atoms with Crippen LogP contribution in [0.3, 0.4) is 0 Å². The van der Waals surface area contributed by atoms with Crippen molar-refractivity contribution >= 4 is 55.1 Å². The summed E-state index contributed by atoms with van der Waals surface area (Å²) < 4.78 is 5.93. The highest BCUT2D eigenvalue weighted by molar-refractivity contribution is 9.11. The number of methoxy groups -OCH3 is 1. The van der Waals surface area contributed by atoms with Crippen molar-refractivity contribution in [1.82, 2.24) is 0 Å². The van der Waals surface area contributed by atoms with E-state index in [1.54, 1.807) is 18.2 Å². The molecule has 0 aliphatic carbocycles. The maximum absolute atomic E-state index is 12.4. The highest BCUT2D eigenvalue weighted by atomic mass is 79.9. The molecule has 0 heterocycles. The monoisotopic (exact) mass is 456 g/mol. The molecule has 1 N–H and O–H groups in total. The van der Waals surface area contributed by atoms with E-state index in [0.29, 0.717) is 10.2 Å². The van der Waals surface area contributed by atoms with E-state index in [1.165, 1.54) is 6.07 Å². The van der Waals surface area contributed by atoms with Gasteiger partial charge in [-0.1, -0.05) is 15.9 Å². The van der Waals surface area contributed by atoms with Crippen molar-refractivity contribution in [3.63, 3.8) is 0 Å². The van der Waals surface area contributed by atoms with Gasteiger partial charge in [-0.05, 0) is 40.2 Å². The summed E-state index contributed by atoms with van der Waals surface area (Å²) in [5.74, 6) is -1.36.